The summed E-state index contributed by atoms with van der Waals surface area (Å²) in [5.74, 6) is 1.89. The third-order valence-corrected chi connectivity index (χ3v) is 4.28. The molecule has 1 aliphatic rings. The van der Waals surface area contributed by atoms with Gasteiger partial charge in [-0.3, -0.25) is 0 Å². The number of nitrogens with zero attached hydrogens (tertiary/aromatic N) is 1. The fourth-order valence-electron chi connectivity index (χ4n) is 2.99. The number of nitrogens with two attached hydrogens (primary N) is 1. The van der Waals surface area contributed by atoms with Crippen molar-refractivity contribution in [3.05, 3.63) is 53.1 Å². The van der Waals surface area contributed by atoms with Crippen LogP contribution in [-0.2, 0) is 19.4 Å². The van der Waals surface area contributed by atoms with E-state index in [2.05, 4.69) is 28.5 Å². The molecule has 126 valence electrons. The first-order valence-corrected chi connectivity index (χ1v) is 8.09. The molecule has 0 aromatic heterocycles. The molecular formula is C19H23N3O2. The van der Waals surface area contributed by atoms with Crippen LogP contribution in [0.25, 0.3) is 0 Å². The van der Waals surface area contributed by atoms with Gasteiger partial charge in [-0.25, -0.2) is 4.99 Å². The van der Waals surface area contributed by atoms with Crippen LogP contribution in [0.15, 0.2) is 41.4 Å². The fraction of sp³-hybridized carbons (Fsp3) is 0.316. The quantitative estimate of drug-likeness (QED) is 0.654. The van der Waals surface area contributed by atoms with Crippen molar-refractivity contribution in [2.45, 2.75) is 25.8 Å². The van der Waals surface area contributed by atoms with Gasteiger partial charge in [0.1, 0.15) is 11.5 Å². The van der Waals surface area contributed by atoms with Gasteiger partial charge in [-0.15, -0.1) is 0 Å². The van der Waals surface area contributed by atoms with Crippen LogP contribution in [-0.4, -0.2) is 20.2 Å². The molecule has 0 aliphatic heterocycles. The van der Waals surface area contributed by atoms with Crippen molar-refractivity contribution >= 4 is 11.6 Å². The first kappa shape index (κ1) is 16.2. The average molecular weight is 325 g/mol. The Bertz CT molecular complexity index is 756. The third-order valence-electron chi connectivity index (χ3n) is 4.28. The molecule has 5 nitrogen and oxygen atoms in total. The second-order valence-corrected chi connectivity index (χ2v) is 5.84. The van der Waals surface area contributed by atoms with E-state index in [9.17, 15) is 0 Å². The third kappa shape index (κ3) is 3.62. The number of methoxy groups -OCH3 is 2. The number of ether oxygens (including phenoxy) is 2. The van der Waals surface area contributed by atoms with Gasteiger partial charge >= 0.3 is 0 Å². The predicted octanol–water partition coefficient (Wildman–Crippen LogP) is 3.12. The smallest absolute Gasteiger partial charge is 0.193 e. The second kappa shape index (κ2) is 7.25. The summed E-state index contributed by atoms with van der Waals surface area (Å²) in [4.78, 5) is 4.41. The second-order valence-electron chi connectivity index (χ2n) is 5.84. The molecule has 2 aromatic carbocycles. The van der Waals surface area contributed by atoms with Crippen molar-refractivity contribution in [2.24, 2.45) is 10.7 Å². The summed E-state index contributed by atoms with van der Waals surface area (Å²) < 4.78 is 10.6. The van der Waals surface area contributed by atoms with Gasteiger partial charge in [-0.1, -0.05) is 6.07 Å². The van der Waals surface area contributed by atoms with Gasteiger partial charge in [-0.05, 0) is 54.7 Å². The molecule has 3 N–H and O–H groups in total. The van der Waals surface area contributed by atoms with E-state index in [1.165, 1.54) is 24.0 Å². The number of rotatable bonds is 5. The standard InChI is InChI=1S/C19H23N3O2/c1-23-17-9-7-15(18(11-17)24-2)12-21-19(20)22-16-8-6-13-4-3-5-14(13)10-16/h6-11H,3-5,12H2,1-2H3,(H3,20,21,22). The Kier molecular flexibility index (Phi) is 4.89. The van der Waals surface area contributed by atoms with Crippen LogP contribution < -0.4 is 20.5 Å². The number of hydrogen-bond acceptors (Lipinski definition) is 3. The highest BCUT2D eigenvalue weighted by Gasteiger charge is 2.11. The van der Waals surface area contributed by atoms with Crippen LogP contribution >= 0.6 is 0 Å². The van der Waals surface area contributed by atoms with Crippen molar-refractivity contribution < 1.29 is 9.47 Å². The molecule has 0 fully saturated rings. The Morgan fingerprint density at radius 3 is 2.71 bits per heavy atom. The summed E-state index contributed by atoms with van der Waals surface area (Å²) in [5.41, 5.74) is 10.8. The summed E-state index contributed by atoms with van der Waals surface area (Å²) in [6, 6.07) is 12.1. The number of aryl methyl sites for hydroxylation is 2. The van der Waals surface area contributed by atoms with Crippen molar-refractivity contribution in [2.75, 3.05) is 19.5 Å². The number of nitrogens with one attached hydrogen (secondary N) is 1. The Morgan fingerprint density at radius 2 is 1.92 bits per heavy atom. The van der Waals surface area contributed by atoms with Gasteiger partial charge in [0.25, 0.3) is 0 Å². The van der Waals surface area contributed by atoms with Crippen LogP contribution in [0.1, 0.15) is 23.1 Å². The lowest BCUT2D eigenvalue weighted by molar-refractivity contribution is 0.391. The van der Waals surface area contributed by atoms with E-state index in [0.29, 0.717) is 12.5 Å². The zero-order valence-corrected chi connectivity index (χ0v) is 14.1. The maximum absolute atomic E-state index is 6.02. The largest absolute Gasteiger partial charge is 0.497 e. The summed E-state index contributed by atoms with van der Waals surface area (Å²) in [7, 11) is 3.26. The van der Waals surface area contributed by atoms with Gasteiger partial charge in [0.05, 0.1) is 20.8 Å². The van der Waals surface area contributed by atoms with E-state index in [4.69, 9.17) is 15.2 Å². The van der Waals surface area contributed by atoms with E-state index in [-0.39, 0.29) is 0 Å². The Balaban J connectivity index is 1.68. The molecule has 5 heteroatoms. The highest BCUT2D eigenvalue weighted by molar-refractivity contribution is 5.92. The lowest BCUT2D eigenvalue weighted by atomic mass is 10.1. The van der Waals surface area contributed by atoms with Crippen LogP contribution in [0.5, 0.6) is 11.5 Å². The van der Waals surface area contributed by atoms with E-state index in [1.807, 2.05) is 18.2 Å². The van der Waals surface area contributed by atoms with E-state index >= 15 is 0 Å². The SMILES string of the molecule is COc1ccc(CN=C(N)Nc2ccc3c(c2)CCC3)c(OC)c1. The Labute approximate surface area is 142 Å². The summed E-state index contributed by atoms with van der Waals surface area (Å²) in [5, 5.41) is 3.16. The molecule has 0 spiro atoms. The van der Waals surface area contributed by atoms with Crippen LogP contribution in [0.3, 0.4) is 0 Å². The summed E-state index contributed by atoms with van der Waals surface area (Å²) in [6.07, 6.45) is 3.56. The molecule has 1 aliphatic carbocycles. The highest BCUT2D eigenvalue weighted by Crippen LogP contribution is 2.26. The summed E-state index contributed by atoms with van der Waals surface area (Å²) in [6.45, 7) is 0.441. The van der Waals surface area contributed by atoms with Crippen LogP contribution in [0.2, 0.25) is 0 Å². The number of anilines is 1. The monoisotopic (exact) mass is 325 g/mol. The zero-order chi connectivity index (χ0) is 16.9. The first-order valence-electron chi connectivity index (χ1n) is 8.09. The maximum Gasteiger partial charge on any atom is 0.193 e. The average Bonchev–Trinajstić information content (AvgIpc) is 3.07. The van der Waals surface area contributed by atoms with Gasteiger partial charge < -0.3 is 20.5 Å². The molecule has 3 rings (SSSR count). The van der Waals surface area contributed by atoms with Crippen molar-refractivity contribution in [1.82, 2.24) is 0 Å². The van der Waals surface area contributed by atoms with E-state index in [1.54, 1.807) is 14.2 Å². The fourth-order valence-corrected chi connectivity index (χ4v) is 2.99. The van der Waals surface area contributed by atoms with Crippen LogP contribution in [0, 0.1) is 0 Å². The van der Waals surface area contributed by atoms with Crippen molar-refractivity contribution in [3.8, 4) is 11.5 Å². The van der Waals surface area contributed by atoms with Gasteiger partial charge in [0.15, 0.2) is 5.96 Å². The Morgan fingerprint density at radius 1 is 1.08 bits per heavy atom. The van der Waals surface area contributed by atoms with E-state index < -0.39 is 0 Å². The minimum Gasteiger partial charge on any atom is -0.497 e. The van der Waals surface area contributed by atoms with E-state index in [0.717, 1.165) is 29.2 Å². The normalized spacial score (nSPS) is 13.5. The van der Waals surface area contributed by atoms with Crippen LogP contribution in [0.4, 0.5) is 5.69 Å². The molecule has 0 saturated heterocycles. The lowest BCUT2D eigenvalue weighted by Gasteiger charge is -2.10. The molecule has 0 atom stereocenters. The molecule has 0 radical (unpaired) electrons. The van der Waals surface area contributed by atoms with Gasteiger partial charge in [-0.2, -0.15) is 0 Å². The number of benzene rings is 2. The minimum atomic E-state index is 0.394. The molecule has 0 bridgehead atoms. The lowest BCUT2D eigenvalue weighted by Crippen LogP contribution is -2.22. The number of hydrogen-bond donors (Lipinski definition) is 2. The minimum absolute atomic E-state index is 0.394. The topological polar surface area (TPSA) is 68.9 Å². The molecule has 0 amide bonds. The number of fused-ring (bicyclic) bond motifs is 1. The molecule has 24 heavy (non-hydrogen) atoms. The first-order chi connectivity index (χ1) is 11.7. The van der Waals surface area contributed by atoms with Gasteiger partial charge in [0.2, 0.25) is 0 Å². The van der Waals surface area contributed by atoms with Crippen molar-refractivity contribution in [3.63, 3.8) is 0 Å². The molecule has 0 heterocycles. The Hall–Kier alpha value is -2.69. The molecule has 0 saturated carbocycles. The number of aliphatic imine (C=N–C) groups is 1. The number of guanidine groups is 1. The summed E-state index contributed by atoms with van der Waals surface area (Å²) >= 11 is 0. The molecular weight excluding hydrogens is 302 g/mol. The maximum atomic E-state index is 6.02. The van der Waals surface area contributed by atoms with Gasteiger partial charge in [0, 0.05) is 17.3 Å². The molecule has 0 unspecified atom stereocenters. The highest BCUT2D eigenvalue weighted by atomic mass is 16.5. The molecule has 2 aromatic rings. The predicted molar refractivity (Wildman–Crippen MR) is 97.0 cm³/mol. The zero-order valence-electron chi connectivity index (χ0n) is 14.1. The van der Waals surface area contributed by atoms with Crippen molar-refractivity contribution in [1.29, 1.82) is 0 Å².